The molecule has 0 unspecified atom stereocenters. The number of hydrogen-bond acceptors (Lipinski definition) is 5. The SMILES string of the molecule is COc1ccc(CN(C(=O)CN(c2ccccc2Br)S(C)(=O)=O)[C@H](C)C(=O)NC(C)(C)C)cc1. The number of benzene rings is 2. The van der Waals surface area contributed by atoms with Gasteiger partial charge in [0.2, 0.25) is 21.8 Å². The molecular formula is C24H32BrN3O5S. The number of anilines is 1. The van der Waals surface area contributed by atoms with Crippen molar-refractivity contribution in [3.63, 3.8) is 0 Å². The van der Waals surface area contributed by atoms with Gasteiger partial charge in [0.05, 0.1) is 19.1 Å². The monoisotopic (exact) mass is 553 g/mol. The maximum absolute atomic E-state index is 13.5. The molecule has 0 saturated carbocycles. The number of amides is 2. The predicted octanol–water partition coefficient (Wildman–Crippen LogP) is 3.56. The average Bonchev–Trinajstić information content (AvgIpc) is 2.74. The summed E-state index contributed by atoms with van der Waals surface area (Å²) in [4.78, 5) is 27.8. The number of carbonyl (C=O) groups excluding carboxylic acids is 2. The van der Waals surface area contributed by atoms with Crippen LogP contribution in [0.25, 0.3) is 0 Å². The number of hydrogen-bond donors (Lipinski definition) is 1. The topological polar surface area (TPSA) is 96.0 Å². The lowest BCUT2D eigenvalue weighted by molar-refractivity contribution is -0.140. The number of ether oxygens (including phenoxy) is 1. The van der Waals surface area contributed by atoms with Gasteiger partial charge in [-0.15, -0.1) is 0 Å². The molecule has 0 radical (unpaired) electrons. The van der Waals surface area contributed by atoms with Crippen molar-refractivity contribution in [1.82, 2.24) is 10.2 Å². The standard InChI is InChI=1S/C24H32BrN3O5S/c1-17(23(30)26-24(2,3)4)27(15-18-11-13-19(33-5)14-12-18)22(29)16-28(34(6,31)32)21-10-8-7-9-20(21)25/h7-14,17H,15-16H2,1-6H3,(H,26,30)/t17-/m1/s1. The highest BCUT2D eigenvalue weighted by molar-refractivity contribution is 9.10. The van der Waals surface area contributed by atoms with Gasteiger partial charge in [0.25, 0.3) is 0 Å². The van der Waals surface area contributed by atoms with Crippen molar-refractivity contribution in [3.8, 4) is 5.75 Å². The van der Waals surface area contributed by atoms with Crippen molar-refractivity contribution in [2.45, 2.75) is 45.8 Å². The first-order valence-electron chi connectivity index (χ1n) is 10.7. The van der Waals surface area contributed by atoms with Gasteiger partial charge in [-0.25, -0.2) is 8.42 Å². The van der Waals surface area contributed by atoms with Crippen LogP contribution < -0.4 is 14.4 Å². The molecule has 0 heterocycles. The minimum Gasteiger partial charge on any atom is -0.497 e. The van der Waals surface area contributed by atoms with Crippen LogP contribution in [0.4, 0.5) is 5.69 Å². The number of halogens is 1. The Morgan fingerprint density at radius 3 is 2.18 bits per heavy atom. The van der Waals surface area contributed by atoms with E-state index in [9.17, 15) is 18.0 Å². The van der Waals surface area contributed by atoms with E-state index in [-0.39, 0.29) is 12.5 Å². The van der Waals surface area contributed by atoms with Crippen molar-refractivity contribution >= 4 is 43.5 Å². The molecule has 186 valence electrons. The van der Waals surface area contributed by atoms with Gasteiger partial charge in [0.15, 0.2) is 0 Å². The Morgan fingerprint density at radius 1 is 1.09 bits per heavy atom. The first kappa shape index (κ1) is 27.7. The second-order valence-corrected chi connectivity index (χ2v) is 11.8. The lowest BCUT2D eigenvalue weighted by Crippen LogP contribution is -2.54. The van der Waals surface area contributed by atoms with Crippen LogP contribution in [0.15, 0.2) is 53.0 Å². The third kappa shape index (κ3) is 7.73. The zero-order valence-electron chi connectivity index (χ0n) is 20.3. The van der Waals surface area contributed by atoms with E-state index >= 15 is 0 Å². The Kier molecular flexibility index (Phi) is 9.13. The van der Waals surface area contributed by atoms with Gasteiger partial charge in [-0.1, -0.05) is 24.3 Å². The van der Waals surface area contributed by atoms with Crippen LogP contribution in [0.5, 0.6) is 5.75 Å². The number of carbonyl (C=O) groups is 2. The van der Waals surface area contributed by atoms with E-state index in [1.54, 1.807) is 62.6 Å². The lowest BCUT2D eigenvalue weighted by atomic mass is 10.1. The number of para-hydroxylation sites is 1. The van der Waals surface area contributed by atoms with Crippen LogP contribution in [0.3, 0.4) is 0 Å². The number of methoxy groups -OCH3 is 1. The molecule has 2 amide bonds. The molecule has 0 fully saturated rings. The number of sulfonamides is 1. The van der Waals surface area contributed by atoms with E-state index in [0.717, 1.165) is 16.1 Å². The molecule has 0 aliphatic rings. The first-order chi connectivity index (χ1) is 15.7. The van der Waals surface area contributed by atoms with Crippen molar-refractivity contribution < 1.29 is 22.7 Å². The fourth-order valence-corrected chi connectivity index (χ4v) is 4.71. The molecule has 0 aliphatic carbocycles. The molecular weight excluding hydrogens is 522 g/mol. The molecule has 0 aliphatic heterocycles. The van der Waals surface area contributed by atoms with Gasteiger partial charge < -0.3 is 15.0 Å². The van der Waals surface area contributed by atoms with Crippen LogP contribution in [0.1, 0.15) is 33.3 Å². The molecule has 10 heteroatoms. The van der Waals surface area contributed by atoms with Crippen LogP contribution in [-0.4, -0.2) is 56.6 Å². The number of rotatable bonds is 9. The van der Waals surface area contributed by atoms with E-state index < -0.39 is 34.1 Å². The minimum absolute atomic E-state index is 0.120. The van der Waals surface area contributed by atoms with Crippen LogP contribution in [-0.2, 0) is 26.2 Å². The molecule has 2 aromatic carbocycles. The molecule has 0 saturated heterocycles. The van der Waals surface area contributed by atoms with Crippen molar-refractivity contribution in [2.24, 2.45) is 0 Å². The molecule has 2 aromatic rings. The van der Waals surface area contributed by atoms with E-state index in [1.165, 1.54) is 4.90 Å². The molecule has 0 bridgehead atoms. The van der Waals surface area contributed by atoms with Gasteiger partial charge in [0.1, 0.15) is 18.3 Å². The number of nitrogens with zero attached hydrogens (tertiary/aromatic N) is 2. The summed E-state index contributed by atoms with van der Waals surface area (Å²) in [7, 11) is -2.23. The van der Waals surface area contributed by atoms with Crippen LogP contribution >= 0.6 is 15.9 Å². The van der Waals surface area contributed by atoms with Crippen molar-refractivity contribution in [1.29, 1.82) is 0 Å². The Labute approximate surface area is 210 Å². The third-order valence-electron chi connectivity index (χ3n) is 4.98. The van der Waals surface area contributed by atoms with Crippen molar-refractivity contribution in [3.05, 3.63) is 58.6 Å². The van der Waals surface area contributed by atoms with Crippen molar-refractivity contribution in [2.75, 3.05) is 24.2 Å². The zero-order valence-corrected chi connectivity index (χ0v) is 22.7. The maximum Gasteiger partial charge on any atom is 0.244 e. The van der Waals surface area contributed by atoms with E-state index in [2.05, 4.69) is 21.2 Å². The normalized spacial score (nSPS) is 12.6. The van der Waals surface area contributed by atoms with Gasteiger partial charge in [-0.05, 0) is 73.5 Å². The van der Waals surface area contributed by atoms with E-state index in [0.29, 0.717) is 15.9 Å². The third-order valence-corrected chi connectivity index (χ3v) is 6.77. The summed E-state index contributed by atoms with van der Waals surface area (Å²) in [6.07, 6.45) is 1.04. The lowest BCUT2D eigenvalue weighted by Gasteiger charge is -2.33. The summed E-state index contributed by atoms with van der Waals surface area (Å²) in [5, 5.41) is 2.89. The summed E-state index contributed by atoms with van der Waals surface area (Å²) in [5.74, 6) is -0.174. The summed E-state index contributed by atoms with van der Waals surface area (Å²) < 4.78 is 32.0. The predicted molar refractivity (Wildman–Crippen MR) is 137 cm³/mol. The Hall–Kier alpha value is -2.59. The number of nitrogens with one attached hydrogen (secondary N) is 1. The molecule has 0 spiro atoms. The largest absolute Gasteiger partial charge is 0.497 e. The first-order valence-corrected chi connectivity index (χ1v) is 13.3. The van der Waals surface area contributed by atoms with Gasteiger partial charge >= 0.3 is 0 Å². The minimum atomic E-state index is -3.79. The molecule has 1 atom stereocenters. The Bertz CT molecular complexity index is 1110. The van der Waals surface area contributed by atoms with Crippen LogP contribution in [0.2, 0.25) is 0 Å². The molecule has 2 rings (SSSR count). The fourth-order valence-electron chi connectivity index (χ4n) is 3.23. The highest BCUT2D eigenvalue weighted by atomic mass is 79.9. The van der Waals surface area contributed by atoms with E-state index in [4.69, 9.17) is 4.74 Å². The second kappa shape index (κ2) is 11.2. The molecule has 0 aromatic heterocycles. The second-order valence-electron chi connectivity index (χ2n) is 9.01. The van der Waals surface area contributed by atoms with Gasteiger partial charge in [0, 0.05) is 16.6 Å². The highest BCUT2D eigenvalue weighted by Crippen LogP contribution is 2.28. The Morgan fingerprint density at radius 2 is 1.68 bits per heavy atom. The fraction of sp³-hybridized carbons (Fsp3) is 0.417. The zero-order chi connectivity index (χ0) is 25.7. The average molecular weight is 555 g/mol. The molecule has 8 nitrogen and oxygen atoms in total. The van der Waals surface area contributed by atoms with E-state index in [1.807, 2.05) is 20.8 Å². The Balaban J connectivity index is 2.41. The van der Waals surface area contributed by atoms with Gasteiger partial charge in [-0.2, -0.15) is 0 Å². The quantitative estimate of drug-likeness (QED) is 0.512. The summed E-state index contributed by atoms with van der Waals surface area (Å²) in [6, 6.07) is 13.1. The summed E-state index contributed by atoms with van der Waals surface area (Å²) in [6.45, 7) is 6.86. The maximum atomic E-state index is 13.5. The van der Waals surface area contributed by atoms with Gasteiger partial charge in [-0.3, -0.25) is 13.9 Å². The highest BCUT2D eigenvalue weighted by Gasteiger charge is 2.31. The summed E-state index contributed by atoms with van der Waals surface area (Å²) >= 11 is 3.36. The summed E-state index contributed by atoms with van der Waals surface area (Å²) in [5.41, 5.74) is 0.624. The molecule has 34 heavy (non-hydrogen) atoms. The smallest absolute Gasteiger partial charge is 0.244 e. The molecule has 1 N–H and O–H groups in total. The van der Waals surface area contributed by atoms with Crippen LogP contribution in [0, 0.1) is 0 Å².